The highest BCUT2D eigenvalue weighted by molar-refractivity contribution is 9.10. The molecule has 0 aliphatic heterocycles. The van der Waals surface area contributed by atoms with Gasteiger partial charge in [-0.3, -0.25) is 0 Å². The second-order valence-electron chi connectivity index (χ2n) is 4.00. The summed E-state index contributed by atoms with van der Waals surface area (Å²) in [6.45, 7) is 2.20. The molecule has 1 aromatic carbocycles. The van der Waals surface area contributed by atoms with Gasteiger partial charge in [0.2, 0.25) is 0 Å². The first-order valence-electron chi connectivity index (χ1n) is 5.90. The van der Waals surface area contributed by atoms with Gasteiger partial charge in [0.05, 0.1) is 4.47 Å². The van der Waals surface area contributed by atoms with Gasteiger partial charge in [0, 0.05) is 25.8 Å². The minimum Gasteiger partial charge on any atom is -0.350 e. The maximum Gasteiger partial charge on any atom is 0.143 e. The zero-order valence-corrected chi connectivity index (χ0v) is 11.7. The van der Waals surface area contributed by atoms with Crippen molar-refractivity contribution in [3.8, 4) is 0 Å². The number of aromatic nitrogens is 1. The Morgan fingerprint density at radius 2 is 1.89 bits per heavy atom. The van der Waals surface area contributed by atoms with Crippen LogP contribution in [0, 0.1) is 0 Å². The average Bonchev–Trinajstić information content (AvgIpc) is 2.40. The van der Waals surface area contributed by atoms with Crippen LogP contribution in [0.15, 0.2) is 53.1 Å². The van der Waals surface area contributed by atoms with Crippen LogP contribution in [0.2, 0.25) is 0 Å². The summed E-state index contributed by atoms with van der Waals surface area (Å²) in [5.41, 5.74) is 6.94. The molecular weight excluding hydrogens is 290 g/mol. The van der Waals surface area contributed by atoms with Crippen molar-refractivity contribution >= 4 is 21.7 Å². The largest absolute Gasteiger partial charge is 0.350 e. The van der Waals surface area contributed by atoms with E-state index < -0.39 is 0 Å². The number of halogens is 1. The van der Waals surface area contributed by atoms with Crippen LogP contribution in [0.5, 0.6) is 0 Å². The summed E-state index contributed by atoms with van der Waals surface area (Å²) < 4.78 is 0.995. The first-order valence-corrected chi connectivity index (χ1v) is 6.70. The number of nitrogens with two attached hydrogens (primary N) is 1. The molecule has 2 aromatic rings. The summed E-state index contributed by atoms with van der Waals surface area (Å²) in [5.74, 6) is 0.937. The van der Waals surface area contributed by atoms with Gasteiger partial charge in [0.1, 0.15) is 5.82 Å². The highest BCUT2D eigenvalue weighted by atomic mass is 79.9. The molecule has 3 nitrogen and oxygen atoms in total. The zero-order chi connectivity index (χ0) is 12.8. The van der Waals surface area contributed by atoms with Gasteiger partial charge in [0.25, 0.3) is 0 Å². The minimum atomic E-state index is 0.607. The number of benzene rings is 1. The van der Waals surface area contributed by atoms with E-state index in [1.54, 1.807) is 6.20 Å². The van der Waals surface area contributed by atoms with Gasteiger partial charge in [-0.05, 0) is 33.6 Å². The van der Waals surface area contributed by atoms with Crippen molar-refractivity contribution in [1.29, 1.82) is 0 Å². The quantitative estimate of drug-likeness (QED) is 0.923. The maximum atomic E-state index is 5.69. The van der Waals surface area contributed by atoms with Crippen molar-refractivity contribution in [2.75, 3.05) is 18.0 Å². The van der Waals surface area contributed by atoms with Crippen molar-refractivity contribution in [2.24, 2.45) is 5.73 Å². The van der Waals surface area contributed by atoms with Crippen molar-refractivity contribution in [3.05, 3.63) is 58.7 Å². The summed E-state index contributed by atoms with van der Waals surface area (Å²) in [4.78, 5) is 6.60. The molecule has 94 valence electrons. The molecule has 0 atom stereocenters. The first kappa shape index (κ1) is 13.1. The Hall–Kier alpha value is -1.39. The summed E-state index contributed by atoms with van der Waals surface area (Å²) in [5, 5.41) is 0. The summed E-state index contributed by atoms with van der Waals surface area (Å²) in [6.07, 6.45) is 1.80. The molecule has 2 N–H and O–H groups in total. The lowest BCUT2D eigenvalue weighted by Crippen LogP contribution is -2.29. The molecule has 1 aromatic heterocycles. The third-order valence-corrected chi connectivity index (χ3v) is 3.27. The van der Waals surface area contributed by atoms with Crippen molar-refractivity contribution < 1.29 is 0 Å². The van der Waals surface area contributed by atoms with Crippen LogP contribution >= 0.6 is 15.9 Å². The minimum absolute atomic E-state index is 0.607. The Morgan fingerprint density at radius 1 is 1.11 bits per heavy atom. The van der Waals surface area contributed by atoms with Crippen molar-refractivity contribution in [3.63, 3.8) is 0 Å². The normalized spacial score (nSPS) is 10.3. The number of hydrogen-bond acceptors (Lipinski definition) is 3. The molecule has 0 fully saturated rings. The monoisotopic (exact) mass is 305 g/mol. The van der Waals surface area contributed by atoms with Gasteiger partial charge in [-0.15, -0.1) is 0 Å². The number of nitrogens with zero attached hydrogens (tertiary/aromatic N) is 2. The van der Waals surface area contributed by atoms with Crippen LogP contribution in [0.4, 0.5) is 5.82 Å². The zero-order valence-electron chi connectivity index (χ0n) is 10.1. The molecule has 18 heavy (non-hydrogen) atoms. The summed E-state index contributed by atoms with van der Waals surface area (Å²) in [7, 11) is 0. The van der Waals surface area contributed by atoms with Gasteiger partial charge in [0.15, 0.2) is 0 Å². The number of hydrogen-bond donors (Lipinski definition) is 1. The Bertz CT molecular complexity index is 487. The Labute approximate surface area is 116 Å². The van der Waals surface area contributed by atoms with E-state index in [0.29, 0.717) is 6.54 Å². The molecule has 0 saturated heterocycles. The van der Waals surface area contributed by atoms with E-state index in [2.05, 4.69) is 37.9 Å². The fourth-order valence-electron chi connectivity index (χ4n) is 1.83. The molecule has 0 saturated carbocycles. The fraction of sp³-hybridized carbons (Fsp3) is 0.214. The van der Waals surface area contributed by atoms with Gasteiger partial charge >= 0.3 is 0 Å². The van der Waals surface area contributed by atoms with Gasteiger partial charge in [-0.1, -0.05) is 30.3 Å². The number of anilines is 1. The third-order valence-electron chi connectivity index (χ3n) is 2.65. The summed E-state index contributed by atoms with van der Waals surface area (Å²) in [6, 6.07) is 14.2. The van der Waals surface area contributed by atoms with Crippen LogP contribution in [0.25, 0.3) is 0 Å². The smallest absolute Gasteiger partial charge is 0.143 e. The third kappa shape index (κ3) is 3.31. The first-order chi connectivity index (χ1) is 8.81. The fourth-order valence-corrected chi connectivity index (χ4v) is 2.34. The second-order valence-corrected chi connectivity index (χ2v) is 4.86. The molecule has 4 heteroatoms. The van der Waals surface area contributed by atoms with Gasteiger partial charge < -0.3 is 10.6 Å². The summed E-state index contributed by atoms with van der Waals surface area (Å²) >= 11 is 3.54. The van der Waals surface area contributed by atoms with Crippen LogP contribution in [-0.2, 0) is 6.54 Å². The Kier molecular flexibility index (Phi) is 4.73. The van der Waals surface area contributed by atoms with Crippen molar-refractivity contribution in [2.45, 2.75) is 6.54 Å². The lowest BCUT2D eigenvalue weighted by Gasteiger charge is -2.24. The van der Waals surface area contributed by atoms with E-state index in [1.807, 2.05) is 30.3 Å². The van der Waals surface area contributed by atoms with Crippen LogP contribution in [0.3, 0.4) is 0 Å². The maximum absolute atomic E-state index is 5.69. The van der Waals surface area contributed by atoms with Crippen molar-refractivity contribution in [1.82, 2.24) is 4.98 Å². The number of rotatable bonds is 5. The van der Waals surface area contributed by atoms with E-state index in [4.69, 9.17) is 5.73 Å². The van der Waals surface area contributed by atoms with E-state index in [0.717, 1.165) is 23.4 Å². The van der Waals surface area contributed by atoms with E-state index >= 15 is 0 Å². The van der Waals surface area contributed by atoms with Crippen LogP contribution in [0.1, 0.15) is 5.56 Å². The molecular formula is C14H16BrN3. The topological polar surface area (TPSA) is 42.1 Å². The molecule has 1 heterocycles. The van der Waals surface area contributed by atoms with E-state index in [-0.39, 0.29) is 0 Å². The Balaban J connectivity index is 2.21. The molecule has 0 amide bonds. The predicted octanol–water partition coefficient (Wildman–Crippen LogP) is 2.81. The van der Waals surface area contributed by atoms with Gasteiger partial charge in [-0.25, -0.2) is 4.98 Å². The molecule has 0 bridgehead atoms. The lowest BCUT2D eigenvalue weighted by atomic mass is 10.2. The lowest BCUT2D eigenvalue weighted by molar-refractivity contribution is 0.773. The molecule has 0 spiro atoms. The highest BCUT2D eigenvalue weighted by Crippen LogP contribution is 2.24. The molecule has 0 aliphatic rings. The number of pyridine rings is 1. The average molecular weight is 306 g/mol. The molecule has 2 rings (SSSR count). The highest BCUT2D eigenvalue weighted by Gasteiger charge is 2.10. The van der Waals surface area contributed by atoms with E-state index in [1.165, 1.54) is 5.56 Å². The Morgan fingerprint density at radius 3 is 2.56 bits per heavy atom. The predicted molar refractivity (Wildman–Crippen MR) is 78.5 cm³/mol. The van der Waals surface area contributed by atoms with Gasteiger partial charge in [-0.2, -0.15) is 0 Å². The molecule has 0 aliphatic carbocycles. The molecule has 0 radical (unpaired) electrons. The van der Waals surface area contributed by atoms with E-state index in [9.17, 15) is 0 Å². The van der Waals surface area contributed by atoms with Crippen LogP contribution in [-0.4, -0.2) is 18.1 Å². The SMILES string of the molecule is NCCN(Cc1ccccc1)c1ncccc1Br. The van der Waals surface area contributed by atoms with Crippen LogP contribution < -0.4 is 10.6 Å². The second kappa shape index (κ2) is 6.52. The molecule has 0 unspecified atom stereocenters. The standard InChI is InChI=1S/C14H16BrN3/c15-13-7-4-9-17-14(13)18(10-8-16)11-12-5-2-1-3-6-12/h1-7,9H,8,10-11,16H2.